The summed E-state index contributed by atoms with van der Waals surface area (Å²) in [6, 6.07) is 0. The molecule has 2 aliphatic rings. The van der Waals surface area contributed by atoms with Crippen molar-refractivity contribution in [2.75, 3.05) is 32.7 Å². The lowest BCUT2D eigenvalue weighted by molar-refractivity contribution is 0.117. The number of hydrogen-bond donors (Lipinski definition) is 1. The Bertz CT molecular complexity index is 167. The lowest BCUT2D eigenvalue weighted by Gasteiger charge is -2.40. The standard InChI is InChI=1S/C12H24N2/c1-12(6-5-7-13-10-12)11-14-8-3-2-4-9-14/h13H,2-11H2,1H3. The maximum atomic E-state index is 3.54. The van der Waals surface area contributed by atoms with Gasteiger partial charge in [-0.15, -0.1) is 0 Å². The van der Waals surface area contributed by atoms with Gasteiger partial charge < -0.3 is 10.2 Å². The first-order chi connectivity index (χ1) is 6.79. The van der Waals surface area contributed by atoms with Crippen LogP contribution in [0.15, 0.2) is 0 Å². The molecular weight excluding hydrogens is 172 g/mol. The second-order valence-corrected chi connectivity index (χ2v) is 5.43. The summed E-state index contributed by atoms with van der Waals surface area (Å²) in [5.41, 5.74) is 0.551. The number of piperidine rings is 2. The minimum absolute atomic E-state index is 0.551. The highest BCUT2D eigenvalue weighted by Gasteiger charge is 2.29. The summed E-state index contributed by atoms with van der Waals surface area (Å²) in [7, 11) is 0. The molecule has 82 valence electrons. The van der Waals surface area contributed by atoms with E-state index in [4.69, 9.17) is 0 Å². The minimum Gasteiger partial charge on any atom is -0.316 e. The number of hydrogen-bond acceptors (Lipinski definition) is 2. The molecule has 0 aromatic heterocycles. The normalized spacial score (nSPS) is 35.8. The van der Waals surface area contributed by atoms with Gasteiger partial charge in [0.1, 0.15) is 0 Å². The van der Waals surface area contributed by atoms with Crippen LogP contribution in [0, 0.1) is 5.41 Å². The van der Waals surface area contributed by atoms with Crippen molar-refractivity contribution in [2.45, 2.75) is 39.0 Å². The van der Waals surface area contributed by atoms with Crippen molar-refractivity contribution in [1.29, 1.82) is 0 Å². The van der Waals surface area contributed by atoms with E-state index in [1.165, 1.54) is 64.8 Å². The SMILES string of the molecule is CC1(CN2CCCCC2)CCCNC1. The topological polar surface area (TPSA) is 15.3 Å². The van der Waals surface area contributed by atoms with Crippen LogP contribution < -0.4 is 5.32 Å². The Morgan fingerprint density at radius 3 is 2.57 bits per heavy atom. The maximum absolute atomic E-state index is 3.54. The van der Waals surface area contributed by atoms with Gasteiger partial charge in [-0.3, -0.25) is 0 Å². The van der Waals surface area contributed by atoms with Gasteiger partial charge in [-0.1, -0.05) is 13.3 Å². The van der Waals surface area contributed by atoms with Crippen LogP contribution in [0.5, 0.6) is 0 Å². The molecule has 1 N–H and O–H groups in total. The average molecular weight is 196 g/mol. The van der Waals surface area contributed by atoms with Crippen molar-refractivity contribution in [3.05, 3.63) is 0 Å². The Labute approximate surface area is 88.1 Å². The van der Waals surface area contributed by atoms with Gasteiger partial charge in [0.25, 0.3) is 0 Å². The molecule has 0 bridgehead atoms. The highest BCUT2D eigenvalue weighted by Crippen LogP contribution is 2.27. The van der Waals surface area contributed by atoms with Gasteiger partial charge in [0, 0.05) is 13.1 Å². The van der Waals surface area contributed by atoms with Crippen molar-refractivity contribution >= 4 is 0 Å². The molecule has 0 radical (unpaired) electrons. The molecule has 14 heavy (non-hydrogen) atoms. The molecule has 0 saturated carbocycles. The van der Waals surface area contributed by atoms with Crippen LogP contribution in [0.2, 0.25) is 0 Å². The summed E-state index contributed by atoms with van der Waals surface area (Å²) in [5.74, 6) is 0. The summed E-state index contributed by atoms with van der Waals surface area (Å²) >= 11 is 0. The number of rotatable bonds is 2. The molecular formula is C12H24N2. The molecule has 2 nitrogen and oxygen atoms in total. The molecule has 2 aliphatic heterocycles. The largest absolute Gasteiger partial charge is 0.316 e. The fourth-order valence-electron chi connectivity index (χ4n) is 2.91. The molecule has 2 fully saturated rings. The predicted molar refractivity (Wildman–Crippen MR) is 60.5 cm³/mol. The Morgan fingerprint density at radius 1 is 1.14 bits per heavy atom. The third-order valence-corrected chi connectivity index (χ3v) is 3.74. The highest BCUT2D eigenvalue weighted by atomic mass is 15.1. The summed E-state index contributed by atoms with van der Waals surface area (Å²) in [4.78, 5) is 2.68. The van der Waals surface area contributed by atoms with E-state index in [0.717, 1.165) is 0 Å². The minimum atomic E-state index is 0.551. The zero-order chi connectivity index (χ0) is 9.86. The van der Waals surface area contributed by atoms with Gasteiger partial charge in [0.15, 0.2) is 0 Å². The second-order valence-electron chi connectivity index (χ2n) is 5.43. The van der Waals surface area contributed by atoms with E-state index in [9.17, 15) is 0 Å². The molecule has 0 aromatic carbocycles. The Kier molecular flexibility index (Phi) is 3.45. The maximum Gasteiger partial charge on any atom is 0.00475 e. The number of likely N-dealkylation sites (tertiary alicyclic amines) is 1. The van der Waals surface area contributed by atoms with Gasteiger partial charge in [-0.05, 0) is 50.7 Å². The van der Waals surface area contributed by atoms with Crippen molar-refractivity contribution in [1.82, 2.24) is 10.2 Å². The van der Waals surface area contributed by atoms with E-state index >= 15 is 0 Å². The summed E-state index contributed by atoms with van der Waals surface area (Å²) in [6.45, 7) is 8.91. The number of nitrogens with zero attached hydrogens (tertiary/aromatic N) is 1. The molecule has 1 unspecified atom stereocenters. The first-order valence-electron chi connectivity index (χ1n) is 6.22. The van der Waals surface area contributed by atoms with Gasteiger partial charge in [-0.2, -0.15) is 0 Å². The molecule has 0 amide bonds. The van der Waals surface area contributed by atoms with E-state index in [-0.39, 0.29) is 0 Å². The van der Waals surface area contributed by atoms with Crippen molar-refractivity contribution in [3.8, 4) is 0 Å². The lowest BCUT2D eigenvalue weighted by atomic mass is 9.82. The van der Waals surface area contributed by atoms with Crippen LogP contribution >= 0.6 is 0 Å². The predicted octanol–water partition coefficient (Wildman–Crippen LogP) is 1.86. The van der Waals surface area contributed by atoms with Gasteiger partial charge >= 0.3 is 0 Å². The zero-order valence-electron chi connectivity index (χ0n) is 9.52. The monoisotopic (exact) mass is 196 g/mol. The Hall–Kier alpha value is -0.0800. The fourth-order valence-corrected chi connectivity index (χ4v) is 2.91. The van der Waals surface area contributed by atoms with Crippen molar-refractivity contribution < 1.29 is 0 Å². The molecule has 2 rings (SSSR count). The van der Waals surface area contributed by atoms with E-state index < -0.39 is 0 Å². The third-order valence-electron chi connectivity index (χ3n) is 3.74. The van der Waals surface area contributed by atoms with Crippen LogP contribution in [0.3, 0.4) is 0 Å². The molecule has 2 saturated heterocycles. The fraction of sp³-hybridized carbons (Fsp3) is 1.00. The summed E-state index contributed by atoms with van der Waals surface area (Å²) in [6.07, 6.45) is 7.07. The summed E-state index contributed by atoms with van der Waals surface area (Å²) < 4.78 is 0. The van der Waals surface area contributed by atoms with Crippen LogP contribution in [-0.2, 0) is 0 Å². The number of nitrogens with one attached hydrogen (secondary N) is 1. The van der Waals surface area contributed by atoms with E-state index in [1.807, 2.05) is 0 Å². The molecule has 0 aromatic rings. The second kappa shape index (κ2) is 4.63. The van der Waals surface area contributed by atoms with Crippen molar-refractivity contribution in [2.24, 2.45) is 5.41 Å². The van der Waals surface area contributed by atoms with Gasteiger partial charge in [0.05, 0.1) is 0 Å². The molecule has 0 spiro atoms. The quantitative estimate of drug-likeness (QED) is 0.725. The van der Waals surface area contributed by atoms with E-state index in [2.05, 4.69) is 17.1 Å². The molecule has 2 heteroatoms. The smallest absolute Gasteiger partial charge is 0.00475 e. The molecule has 2 heterocycles. The Balaban J connectivity index is 1.81. The van der Waals surface area contributed by atoms with Gasteiger partial charge in [0.2, 0.25) is 0 Å². The van der Waals surface area contributed by atoms with Crippen molar-refractivity contribution in [3.63, 3.8) is 0 Å². The lowest BCUT2D eigenvalue weighted by Crippen LogP contribution is -2.47. The molecule has 1 atom stereocenters. The first-order valence-corrected chi connectivity index (χ1v) is 6.22. The molecule has 0 aliphatic carbocycles. The summed E-state index contributed by atoms with van der Waals surface area (Å²) in [5, 5.41) is 3.54. The zero-order valence-corrected chi connectivity index (χ0v) is 9.52. The average Bonchev–Trinajstić information content (AvgIpc) is 2.19. The van der Waals surface area contributed by atoms with Crippen LogP contribution in [0.4, 0.5) is 0 Å². The Morgan fingerprint density at radius 2 is 1.93 bits per heavy atom. The van der Waals surface area contributed by atoms with Gasteiger partial charge in [-0.25, -0.2) is 0 Å². The van der Waals surface area contributed by atoms with Crippen LogP contribution in [-0.4, -0.2) is 37.6 Å². The van der Waals surface area contributed by atoms with Crippen LogP contribution in [0.25, 0.3) is 0 Å². The third kappa shape index (κ3) is 2.71. The van der Waals surface area contributed by atoms with E-state index in [0.29, 0.717) is 5.41 Å². The van der Waals surface area contributed by atoms with E-state index in [1.54, 1.807) is 0 Å². The van der Waals surface area contributed by atoms with Crippen LogP contribution in [0.1, 0.15) is 39.0 Å². The highest BCUT2D eigenvalue weighted by molar-refractivity contribution is 4.85. The first kappa shape index (κ1) is 10.4.